The zero-order valence-electron chi connectivity index (χ0n) is 11.6. The topological polar surface area (TPSA) is 64.3 Å². The van der Waals surface area contributed by atoms with Crippen molar-refractivity contribution in [1.29, 1.82) is 0 Å². The fourth-order valence-electron chi connectivity index (χ4n) is 1.75. The number of nitrogens with one attached hydrogen (secondary N) is 1. The van der Waals surface area contributed by atoms with E-state index in [2.05, 4.69) is 31.9 Å². The van der Waals surface area contributed by atoms with Gasteiger partial charge in [0.1, 0.15) is 12.4 Å². The van der Waals surface area contributed by atoms with Gasteiger partial charge in [-0.3, -0.25) is 10.2 Å². The predicted molar refractivity (Wildman–Crippen MR) is 94.0 cm³/mol. The van der Waals surface area contributed by atoms with Crippen molar-refractivity contribution >= 4 is 43.8 Å². The first-order chi connectivity index (χ1) is 10.6. The summed E-state index contributed by atoms with van der Waals surface area (Å²) in [5, 5.41) is 0. The van der Waals surface area contributed by atoms with Gasteiger partial charge in [0.25, 0.3) is 5.91 Å². The number of carbonyl (C=O) groups is 1. The van der Waals surface area contributed by atoms with E-state index < -0.39 is 0 Å². The van der Waals surface area contributed by atoms with Gasteiger partial charge in [-0.05, 0) is 57.4 Å². The summed E-state index contributed by atoms with van der Waals surface area (Å²) in [6.45, 7) is 0.475. The minimum atomic E-state index is -0.355. The van der Waals surface area contributed by atoms with Crippen LogP contribution < -0.4 is 16.0 Å². The molecule has 0 saturated heterocycles. The summed E-state index contributed by atoms with van der Waals surface area (Å²) in [6.07, 6.45) is 3.04. The number of nitrogens with two attached hydrogens (primary N) is 1. The second-order valence-corrected chi connectivity index (χ2v) is 6.22. The first kappa shape index (κ1) is 16.7. The van der Waals surface area contributed by atoms with E-state index in [0.29, 0.717) is 6.61 Å². The summed E-state index contributed by atoms with van der Waals surface area (Å²) in [5.74, 6) is 5.39. The SMILES string of the molecule is NNC(=O)/C=C/c1ccc(OCc2cccc(Br)c2)c(Br)c1. The normalized spacial score (nSPS) is 10.7. The summed E-state index contributed by atoms with van der Waals surface area (Å²) in [7, 11) is 0. The van der Waals surface area contributed by atoms with E-state index >= 15 is 0 Å². The highest BCUT2D eigenvalue weighted by atomic mass is 79.9. The van der Waals surface area contributed by atoms with Crippen LogP contribution in [0.5, 0.6) is 5.75 Å². The number of ether oxygens (including phenoxy) is 1. The highest BCUT2D eigenvalue weighted by Crippen LogP contribution is 2.27. The summed E-state index contributed by atoms with van der Waals surface area (Å²) < 4.78 is 7.63. The number of benzene rings is 2. The van der Waals surface area contributed by atoms with Crippen LogP contribution in [-0.2, 0) is 11.4 Å². The molecular weight excluding hydrogens is 412 g/mol. The van der Waals surface area contributed by atoms with Crippen LogP contribution in [0.4, 0.5) is 0 Å². The molecule has 0 fully saturated rings. The Morgan fingerprint density at radius 1 is 1.23 bits per heavy atom. The second kappa shape index (κ2) is 8.12. The molecule has 0 aliphatic carbocycles. The number of hydrogen-bond donors (Lipinski definition) is 2. The largest absolute Gasteiger partial charge is 0.488 e. The molecule has 0 atom stereocenters. The zero-order chi connectivity index (χ0) is 15.9. The number of amides is 1. The molecule has 4 nitrogen and oxygen atoms in total. The summed E-state index contributed by atoms with van der Waals surface area (Å²) in [5.41, 5.74) is 3.98. The lowest BCUT2D eigenvalue weighted by Crippen LogP contribution is -2.27. The maximum absolute atomic E-state index is 11.1. The van der Waals surface area contributed by atoms with Gasteiger partial charge in [-0.25, -0.2) is 5.84 Å². The van der Waals surface area contributed by atoms with E-state index in [4.69, 9.17) is 10.6 Å². The smallest absolute Gasteiger partial charge is 0.257 e. The lowest BCUT2D eigenvalue weighted by molar-refractivity contribution is -0.116. The van der Waals surface area contributed by atoms with Crippen molar-refractivity contribution in [1.82, 2.24) is 5.43 Å². The van der Waals surface area contributed by atoms with Crippen molar-refractivity contribution in [3.05, 3.63) is 68.6 Å². The van der Waals surface area contributed by atoms with Gasteiger partial charge in [-0.1, -0.05) is 34.1 Å². The van der Waals surface area contributed by atoms with E-state index in [0.717, 1.165) is 25.8 Å². The minimum Gasteiger partial charge on any atom is -0.488 e. The average molecular weight is 426 g/mol. The van der Waals surface area contributed by atoms with E-state index in [1.807, 2.05) is 47.9 Å². The average Bonchev–Trinajstić information content (AvgIpc) is 2.51. The number of hydrazine groups is 1. The molecule has 114 valence electrons. The van der Waals surface area contributed by atoms with Gasteiger partial charge in [-0.15, -0.1) is 0 Å². The van der Waals surface area contributed by atoms with Gasteiger partial charge in [-0.2, -0.15) is 0 Å². The minimum absolute atomic E-state index is 0.355. The molecule has 0 radical (unpaired) electrons. The molecule has 0 heterocycles. The van der Waals surface area contributed by atoms with Crippen LogP contribution in [0.3, 0.4) is 0 Å². The standard InChI is InChI=1S/C16H14Br2N2O2/c17-13-3-1-2-12(8-13)10-22-15-6-4-11(9-14(15)18)5-7-16(21)20-19/h1-9H,10,19H2,(H,20,21)/b7-5+. The Balaban J connectivity index is 2.03. The molecule has 0 aliphatic heterocycles. The molecule has 2 rings (SSSR count). The van der Waals surface area contributed by atoms with Crippen molar-refractivity contribution < 1.29 is 9.53 Å². The van der Waals surface area contributed by atoms with Gasteiger partial charge in [0.15, 0.2) is 0 Å². The summed E-state index contributed by atoms with van der Waals surface area (Å²) in [4.78, 5) is 11.1. The van der Waals surface area contributed by atoms with Crippen LogP contribution in [0.15, 0.2) is 57.5 Å². The van der Waals surface area contributed by atoms with Crippen LogP contribution in [0, 0.1) is 0 Å². The molecule has 0 spiro atoms. The second-order valence-electron chi connectivity index (χ2n) is 4.45. The van der Waals surface area contributed by atoms with Crippen LogP contribution in [0.2, 0.25) is 0 Å². The molecule has 0 aromatic heterocycles. The Morgan fingerprint density at radius 2 is 2.05 bits per heavy atom. The highest BCUT2D eigenvalue weighted by molar-refractivity contribution is 9.10. The monoisotopic (exact) mass is 424 g/mol. The molecule has 2 aromatic rings. The molecule has 0 aliphatic rings. The first-order valence-corrected chi connectivity index (χ1v) is 8.02. The van der Waals surface area contributed by atoms with Crippen LogP contribution in [-0.4, -0.2) is 5.91 Å². The predicted octanol–water partition coefficient (Wildman–Crippen LogP) is 3.79. The Hall–Kier alpha value is -1.63. The summed E-state index contributed by atoms with van der Waals surface area (Å²) in [6, 6.07) is 13.5. The van der Waals surface area contributed by atoms with Gasteiger partial charge >= 0.3 is 0 Å². The molecule has 0 unspecified atom stereocenters. The quantitative estimate of drug-likeness (QED) is 0.331. The number of hydrogen-bond acceptors (Lipinski definition) is 3. The molecule has 3 N–H and O–H groups in total. The van der Waals surface area contributed by atoms with Crippen molar-refractivity contribution in [2.24, 2.45) is 5.84 Å². The van der Waals surface area contributed by atoms with E-state index in [1.165, 1.54) is 6.08 Å². The van der Waals surface area contributed by atoms with Crippen LogP contribution in [0.25, 0.3) is 6.08 Å². The van der Waals surface area contributed by atoms with E-state index in [9.17, 15) is 4.79 Å². The van der Waals surface area contributed by atoms with Gasteiger partial charge < -0.3 is 4.74 Å². The van der Waals surface area contributed by atoms with E-state index in [-0.39, 0.29) is 5.91 Å². The molecule has 1 amide bonds. The van der Waals surface area contributed by atoms with Crippen LogP contribution >= 0.6 is 31.9 Å². The molecular formula is C16H14Br2N2O2. The molecule has 0 saturated carbocycles. The molecule has 0 bridgehead atoms. The van der Waals surface area contributed by atoms with E-state index in [1.54, 1.807) is 6.08 Å². The number of rotatable bonds is 5. The van der Waals surface area contributed by atoms with Crippen molar-refractivity contribution in [3.8, 4) is 5.75 Å². The maximum atomic E-state index is 11.1. The number of halogens is 2. The molecule has 22 heavy (non-hydrogen) atoms. The van der Waals surface area contributed by atoms with Gasteiger partial charge in [0.2, 0.25) is 0 Å². The van der Waals surface area contributed by atoms with Gasteiger partial charge in [0.05, 0.1) is 4.47 Å². The Bertz CT molecular complexity index is 702. The Morgan fingerprint density at radius 3 is 2.73 bits per heavy atom. The van der Waals surface area contributed by atoms with Crippen molar-refractivity contribution in [2.45, 2.75) is 6.61 Å². The first-order valence-electron chi connectivity index (χ1n) is 6.44. The third kappa shape index (κ3) is 4.98. The molecule has 2 aromatic carbocycles. The Kier molecular flexibility index (Phi) is 6.18. The van der Waals surface area contributed by atoms with Crippen molar-refractivity contribution in [3.63, 3.8) is 0 Å². The summed E-state index contributed by atoms with van der Waals surface area (Å²) >= 11 is 6.90. The van der Waals surface area contributed by atoms with Gasteiger partial charge in [0, 0.05) is 10.5 Å². The third-order valence-corrected chi connectivity index (χ3v) is 3.92. The molecule has 6 heteroatoms. The number of carbonyl (C=O) groups excluding carboxylic acids is 1. The Labute approximate surface area is 145 Å². The van der Waals surface area contributed by atoms with Crippen LogP contribution in [0.1, 0.15) is 11.1 Å². The third-order valence-electron chi connectivity index (χ3n) is 2.81. The zero-order valence-corrected chi connectivity index (χ0v) is 14.7. The fraction of sp³-hybridized carbons (Fsp3) is 0.0625. The lowest BCUT2D eigenvalue weighted by atomic mass is 10.2. The highest BCUT2D eigenvalue weighted by Gasteiger charge is 2.03. The maximum Gasteiger partial charge on any atom is 0.257 e. The lowest BCUT2D eigenvalue weighted by Gasteiger charge is -2.09. The van der Waals surface area contributed by atoms with Crippen molar-refractivity contribution in [2.75, 3.05) is 0 Å². The fourth-order valence-corrected chi connectivity index (χ4v) is 2.70.